The number of hydrogen-bond donors (Lipinski definition) is 1. The zero-order valence-electron chi connectivity index (χ0n) is 16.4. The molecule has 3 atom stereocenters. The number of aliphatic hydroxyl groups excluding tert-OH is 1. The molecule has 2 aromatic rings. The van der Waals surface area contributed by atoms with Crippen molar-refractivity contribution in [3.8, 4) is 0 Å². The lowest BCUT2D eigenvalue weighted by atomic mass is 9.89. The molecule has 150 valence electrons. The summed E-state index contributed by atoms with van der Waals surface area (Å²) in [6.07, 6.45) is 0. The lowest BCUT2D eigenvalue weighted by Gasteiger charge is -2.29. The third-order valence-corrected chi connectivity index (χ3v) is 5.47. The second-order valence-corrected chi connectivity index (χ2v) is 7.84. The summed E-state index contributed by atoms with van der Waals surface area (Å²) in [4.78, 5) is 14.9. The van der Waals surface area contributed by atoms with E-state index in [1.54, 1.807) is 6.07 Å². The van der Waals surface area contributed by atoms with E-state index in [4.69, 9.17) is 4.74 Å². The van der Waals surface area contributed by atoms with Crippen LogP contribution in [-0.4, -0.2) is 41.7 Å². The van der Waals surface area contributed by atoms with E-state index in [0.717, 1.165) is 11.1 Å². The fraction of sp³-hybridized carbons (Fsp3) is 0.435. The van der Waals surface area contributed by atoms with Gasteiger partial charge in [-0.05, 0) is 29.2 Å². The first-order valence-corrected chi connectivity index (χ1v) is 9.80. The predicted molar refractivity (Wildman–Crippen MR) is 106 cm³/mol. The van der Waals surface area contributed by atoms with Crippen LogP contribution in [0.4, 0.5) is 4.39 Å². The molecule has 0 aromatic heterocycles. The summed E-state index contributed by atoms with van der Waals surface area (Å²) in [5.74, 6) is -0.520. The Labute approximate surface area is 165 Å². The second kappa shape index (κ2) is 9.30. The molecule has 1 fully saturated rings. The molecule has 0 radical (unpaired) electrons. The van der Waals surface area contributed by atoms with Gasteiger partial charge in [-0.3, -0.25) is 9.69 Å². The van der Waals surface area contributed by atoms with E-state index in [1.165, 1.54) is 12.1 Å². The number of rotatable bonds is 7. The summed E-state index contributed by atoms with van der Waals surface area (Å²) in [5, 5.41) is 9.86. The molecule has 28 heavy (non-hydrogen) atoms. The number of ether oxygens (including phenoxy) is 1. The molecule has 1 aliphatic heterocycles. The fourth-order valence-corrected chi connectivity index (χ4v) is 4.09. The molecule has 0 amide bonds. The van der Waals surface area contributed by atoms with Crippen molar-refractivity contribution in [3.05, 3.63) is 71.5 Å². The van der Waals surface area contributed by atoms with Crippen LogP contribution in [0.5, 0.6) is 0 Å². The van der Waals surface area contributed by atoms with Crippen molar-refractivity contribution in [1.29, 1.82) is 0 Å². The van der Waals surface area contributed by atoms with E-state index < -0.39 is 6.04 Å². The molecule has 1 saturated heterocycles. The minimum absolute atomic E-state index is 0.00155. The van der Waals surface area contributed by atoms with Gasteiger partial charge in [0, 0.05) is 31.5 Å². The van der Waals surface area contributed by atoms with E-state index >= 15 is 0 Å². The molecule has 0 bridgehead atoms. The Hall–Kier alpha value is -2.24. The maximum atomic E-state index is 13.7. The number of esters is 1. The number of nitrogens with zero attached hydrogens (tertiary/aromatic N) is 1. The van der Waals surface area contributed by atoms with Crippen molar-refractivity contribution in [2.45, 2.75) is 32.4 Å². The highest BCUT2D eigenvalue weighted by atomic mass is 19.1. The minimum Gasteiger partial charge on any atom is -0.460 e. The molecule has 2 aromatic carbocycles. The fourth-order valence-electron chi connectivity index (χ4n) is 4.09. The molecular weight excluding hydrogens is 357 g/mol. The predicted octanol–water partition coefficient (Wildman–Crippen LogP) is 3.60. The molecule has 0 saturated carbocycles. The largest absolute Gasteiger partial charge is 0.460 e. The van der Waals surface area contributed by atoms with Gasteiger partial charge in [0.05, 0.1) is 0 Å². The molecule has 1 aliphatic rings. The second-order valence-electron chi connectivity index (χ2n) is 7.84. The number of aliphatic hydroxyl groups is 1. The number of carbonyl (C=O) groups excluding carboxylic acids is 1. The first kappa shape index (κ1) is 20.5. The molecule has 1 N–H and O–H groups in total. The molecule has 3 unspecified atom stereocenters. The first-order valence-electron chi connectivity index (χ1n) is 9.80. The Kier molecular flexibility index (Phi) is 6.81. The molecule has 1 heterocycles. The Morgan fingerprint density at radius 2 is 1.93 bits per heavy atom. The summed E-state index contributed by atoms with van der Waals surface area (Å²) >= 11 is 0. The molecule has 0 spiro atoms. The topological polar surface area (TPSA) is 49.8 Å². The standard InChI is InChI=1S/C23H28FNO3/c1-16(2)22(23(27)28-15-17-7-4-3-5-8-17)25-12-19(14-26)21(13-25)18-9-6-10-20(24)11-18/h3-11,16,19,21-22,26H,12-15H2,1-2H3. The van der Waals surface area contributed by atoms with Crippen molar-refractivity contribution < 1.29 is 19.0 Å². The highest BCUT2D eigenvalue weighted by molar-refractivity contribution is 5.76. The van der Waals surface area contributed by atoms with Crippen molar-refractivity contribution in [2.75, 3.05) is 19.7 Å². The summed E-state index contributed by atoms with van der Waals surface area (Å²) in [5.41, 5.74) is 1.81. The van der Waals surface area contributed by atoms with Gasteiger partial charge in [-0.1, -0.05) is 56.3 Å². The monoisotopic (exact) mass is 385 g/mol. The molecule has 5 heteroatoms. The normalized spacial score (nSPS) is 21.0. The maximum Gasteiger partial charge on any atom is 0.323 e. The molecule has 3 rings (SSSR count). The third kappa shape index (κ3) is 4.78. The van der Waals surface area contributed by atoms with Gasteiger partial charge in [-0.2, -0.15) is 0 Å². The van der Waals surface area contributed by atoms with Crippen LogP contribution in [-0.2, 0) is 16.1 Å². The zero-order chi connectivity index (χ0) is 20.1. The average Bonchev–Trinajstić information content (AvgIpc) is 3.11. The number of hydrogen-bond acceptors (Lipinski definition) is 4. The highest BCUT2D eigenvalue weighted by Crippen LogP contribution is 2.35. The maximum absolute atomic E-state index is 13.7. The number of carbonyl (C=O) groups is 1. The van der Waals surface area contributed by atoms with Crippen LogP contribution in [0.2, 0.25) is 0 Å². The van der Waals surface area contributed by atoms with Gasteiger partial charge in [0.25, 0.3) is 0 Å². The highest BCUT2D eigenvalue weighted by Gasteiger charge is 2.40. The van der Waals surface area contributed by atoms with Gasteiger partial charge in [0.1, 0.15) is 18.5 Å². The van der Waals surface area contributed by atoms with Crippen LogP contribution in [0, 0.1) is 17.7 Å². The van der Waals surface area contributed by atoms with Crippen LogP contribution in [0.15, 0.2) is 54.6 Å². The zero-order valence-corrected chi connectivity index (χ0v) is 16.4. The number of likely N-dealkylation sites (tertiary alicyclic amines) is 1. The summed E-state index contributed by atoms with van der Waals surface area (Å²) in [7, 11) is 0. The lowest BCUT2D eigenvalue weighted by molar-refractivity contribution is -0.153. The molecular formula is C23H28FNO3. The third-order valence-electron chi connectivity index (χ3n) is 5.47. The smallest absolute Gasteiger partial charge is 0.323 e. The van der Waals surface area contributed by atoms with E-state index in [1.807, 2.05) is 50.2 Å². The lowest BCUT2D eigenvalue weighted by Crippen LogP contribution is -2.44. The number of benzene rings is 2. The van der Waals surface area contributed by atoms with Crippen molar-refractivity contribution in [2.24, 2.45) is 11.8 Å². The van der Waals surface area contributed by atoms with Crippen molar-refractivity contribution in [3.63, 3.8) is 0 Å². The van der Waals surface area contributed by atoms with Crippen LogP contribution in [0.3, 0.4) is 0 Å². The minimum atomic E-state index is -0.392. The Morgan fingerprint density at radius 1 is 1.18 bits per heavy atom. The van der Waals surface area contributed by atoms with Gasteiger partial charge < -0.3 is 9.84 Å². The van der Waals surface area contributed by atoms with E-state index in [-0.39, 0.29) is 42.8 Å². The number of halogens is 1. The van der Waals surface area contributed by atoms with Gasteiger partial charge in [0.15, 0.2) is 0 Å². The Balaban J connectivity index is 1.72. The van der Waals surface area contributed by atoms with Crippen molar-refractivity contribution >= 4 is 5.97 Å². The van der Waals surface area contributed by atoms with Gasteiger partial charge >= 0.3 is 5.97 Å². The van der Waals surface area contributed by atoms with Crippen LogP contribution in [0.25, 0.3) is 0 Å². The SMILES string of the molecule is CC(C)C(C(=O)OCc1ccccc1)N1CC(CO)C(c2cccc(F)c2)C1. The van der Waals surface area contributed by atoms with Crippen molar-refractivity contribution in [1.82, 2.24) is 4.90 Å². The van der Waals surface area contributed by atoms with E-state index in [2.05, 4.69) is 4.90 Å². The quantitative estimate of drug-likeness (QED) is 0.740. The Morgan fingerprint density at radius 3 is 2.57 bits per heavy atom. The van der Waals surface area contributed by atoms with Gasteiger partial charge in [-0.15, -0.1) is 0 Å². The van der Waals surface area contributed by atoms with Crippen LogP contribution in [0.1, 0.15) is 30.9 Å². The van der Waals surface area contributed by atoms with E-state index in [0.29, 0.717) is 13.1 Å². The molecule has 0 aliphatic carbocycles. The van der Waals surface area contributed by atoms with E-state index in [9.17, 15) is 14.3 Å². The summed E-state index contributed by atoms with van der Waals surface area (Å²) < 4.78 is 19.3. The summed E-state index contributed by atoms with van der Waals surface area (Å²) in [6, 6.07) is 15.7. The first-order chi connectivity index (χ1) is 13.5. The van der Waals surface area contributed by atoms with Gasteiger partial charge in [0.2, 0.25) is 0 Å². The van der Waals surface area contributed by atoms with Crippen LogP contribution >= 0.6 is 0 Å². The average molecular weight is 385 g/mol. The Bertz CT molecular complexity index is 780. The molecule has 4 nitrogen and oxygen atoms in total. The van der Waals surface area contributed by atoms with Gasteiger partial charge in [-0.25, -0.2) is 4.39 Å². The summed E-state index contributed by atoms with van der Waals surface area (Å²) in [6.45, 7) is 5.42. The van der Waals surface area contributed by atoms with Crippen LogP contribution < -0.4 is 0 Å².